The number of hydrogen-bond donors (Lipinski definition) is 4. The summed E-state index contributed by atoms with van der Waals surface area (Å²) in [5.41, 5.74) is 0. The van der Waals surface area contributed by atoms with E-state index in [1.165, 1.54) is 0 Å². The summed E-state index contributed by atoms with van der Waals surface area (Å²) in [7, 11) is -8.87. The zero-order chi connectivity index (χ0) is 13.7. The van der Waals surface area contributed by atoms with Crippen LogP contribution in [0.3, 0.4) is 0 Å². The van der Waals surface area contributed by atoms with Gasteiger partial charge in [-0.25, -0.2) is 4.79 Å². The molecule has 0 spiro atoms. The van der Waals surface area contributed by atoms with Crippen molar-refractivity contribution < 1.29 is 38.2 Å². The van der Waals surface area contributed by atoms with E-state index in [1.807, 2.05) is 0 Å². The lowest BCUT2D eigenvalue weighted by molar-refractivity contribution is -0.138. The molecular weight excluding hydrogens is 274 g/mol. The summed E-state index contributed by atoms with van der Waals surface area (Å²) in [6.45, 7) is 2.62. The van der Waals surface area contributed by atoms with Gasteiger partial charge >= 0.3 is 21.2 Å². The second-order valence-corrected chi connectivity index (χ2v) is 6.78. The Balaban J connectivity index is 4.51. The Bertz CT molecular complexity index is 342. The van der Waals surface area contributed by atoms with E-state index in [2.05, 4.69) is 11.3 Å². The Morgan fingerprint density at radius 2 is 1.59 bits per heavy atom. The van der Waals surface area contributed by atoms with Gasteiger partial charge in [0.25, 0.3) is 0 Å². The SMILES string of the molecule is C=CC(=O)OCC(CP(=O)(O)O)CP(=O)(O)O. The highest BCUT2D eigenvalue weighted by Gasteiger charge is 2.28. The van der Waals surface area contributed by atoms with Crippen molar-refractivity contribution in [1.82, 2.24) is 0 Å². The Hall–Kier alpha value is -0.490. The molecule has 0 rings (SSSR count). The summed E-state index contributed by atoms with van der Waals surface area (Å²) in [6, 6.07) is 0. The van der Waals surface area contributed by atoms with Crippen LogP contribution in [0.15, 0.2) is 12.7 Å². The van der Waals surface area contributed by atoms with Crippen LogP contribution in [-0.4, -0.2) is 44.5 Å². The van der Waals surface area contributed by atoms with Crippen LogP contribution >= 0.6 is 15.2 Å². The predicted molar refractivity (Wildman–Crippen MR) is 58.5 cm³/mol. The second kappa shape index (κ2) is 6.44. The van der Waals surface area contributed by atoms with Crippen LogP contribution < -0.4 is 0 Å². The number of ether oxygens (including phenoxy) is 1. The molecule has 0 aliphatic carbocycles. The monoisotopic (exact) mass is 288 g/mol. The minimum Gasteiger partial charge on any atom is -0.462 e. The molecule has 0 saturated carbocycles. The summed E-state index contributed by atoms with van der Waals surface area (Å²) < 4.78 is 25.9. The molecule has 0 saturated heterocycles. The third kappa shape index (κ3) is 10.4. The molecule has 0 radical (unpaired) electrons. The van der Waals surface area contributed by atoms with E-state index < -0.39 is 46.0 Å². The largest absolute Gasteiger partial charge is 0.462 e. The van der Waals surface area contributed by atoms with Gasteiger partial charge in [-0.05, 0) is 0 Å². The summed E-state index contributed by atoms with van der Waals surface area (Å²) in [4.78, 5) is 45.5. The first-order valence-electron chi connectivity index (χ1n) is 4.42. The molecule has 0 aromatic heterocycles. The fraction of sp³-hybridized carbons (Fsp3) is 0.571. The standard InChI is InChI=1S/C7H14O8P2/c1-2-7(8)15-3-6(4-16(9,10)11)5-17(12,13)14/h2,6H,1,3-5H2,(H2,9,10,11)(H2,12,13,14). The number of rotatable bonds is 7. The van der Waals surface area contributed by atoms with E-state index in [4.69, 9.17) is 19.6 Å². The van der Waals surface area contributed by atoms with Crippen molar-refractivity contribution in [1.29, 1.82) is 0 Å². The molecule has 0 aliphatic rings. The molecule has 0 aliphatic heterocycles. The van der Waals surface area contributed by atoms with E-state index in [9.17, 15) is 13.9 Å². The highest BCUT2D eigenvalue weighted by Crippen LogP contribution is 2.43. The predicted octanol–water partition coefficient (Wildman–Crippen LogP) is -0.313. The Morgan fingerprint density at radius 1 is 1.18 bits per heavy atom. The molecule has 0 atom stereocenters. The van der Waals surface area contributed by atoms with Crippen LogP contribution in [-0.2, 0) is 18.7 Å². The van der Waals surface area contributed by atoms with Crippen LogP contribution in [0, 0.1) is 5.92 Å². The zero-order valence-electron chi connectivity index (χ0n) is 8.80. The van der Waals surface area contributed by atoms with Gasteiger partial charge < -0.3 is 24.3 Å². The van der Waals surface area contributed by atoms with E-state index in [1.54, 1.807) is 0 Å². The fourth-order valence-corrected chi connectivity index (χ4v) is 3.11. The highest BCUT2D eigenvalue weighted by molar-refractivity contribution is 7.52. The van der Waals surface area contributed by atoms with Crippen molar-refractivity contribution in [2.45, 2.75) is 0 Å². The van der Waals surface area contributed by atoms with E-state index in [-0.39, 0.29) is 0 Å². The molecule has 4 N–H and O–H groups in total. The van der Waals surface area contributed by atoms with Gasteiger partial charge in [0.1, 0.15) is 0 Å². The highest BCUT2D eigenvalue weighted by atomic mass is 31.2. The molecule has 0 unspecified atom stereocenters. The molecule has 0 bridgehead atoms. The van der Waals surface area contributed by atoms with Gasteiger partial charge in [0.05, 0.1) is 18.9 Å². The maximum atomic E-state index is 10.7. The smallest absolute Gasteiger partial charge is 0.330 e. The van der Waals surface area contributed by atoms with E-state index in [0.717, 1.165) is 6.08 Å². The molecule has 0 aromatic carbocycles. The second-order valence-electron chi connectivity index (χ2n) is 3.39. The van der Waals surface area contributed by atoms with Gasteiger partial charge in [0.2, 0.25) is 0 Å². The molecule has 0 aromatic rings. The summed E-state index contributed by atoms with van der Waals surface area (Å²) >= 11 is 0. The van der Waals surface area contributed by atoms with Gasteiger partial charge in [-0.2, -0.15) is 0 Å². The average molecular weight is 288 g/mol. The first-order valence-corrected chi connectivity index (χ1v) is 8.01. The zero-order valence-corrected chi connectivity index (χ0v) is 10.6. The fourth-order valence-electron chi connectivity index (χ4n) is 1.09. The molecular formula is C7H14O8P2. The Labute approximate surface area is 97.6 Å². The quantitative estimate of drug-likeness (QED) is 0.284. The molecule has 0 amide bonds. The first-order chi connectivity index (χ1) is 7.53. The third-order valence-electron chi connectivity index (χ3n) is 1.62. The van der Waals surface area contributed by atoms with Crippen molar-refractivity contribution in [2.75, 3.05) is 18.9 Å². The third-order valence-corrected chi connectivity index (χ3v) is 3.60. The molecule has 0 heterocycles. The van der Waals surface area contributed by atoms with Crippen molar-refractivity contribution in [3.63, 3.8) is 0 Å². The van der Waals surface area contributed by atoms with Crippen LogP contribution in [0.2, 0.25) is 0 Å². The van der Waals surface area contributed by atoms with Gasteiger partial charge in [-0.3, -0.25) is 9.13 Å². The van der Waals surface area contributed by atoms with Crippen molar-refractivity contribution in [2.24, 2.45) is 5.92 Å². The van der Waals surface area contributed by atoms with E-state index >= 15 is 0 Å². The lowest BCUT2D eigenvalue weighted by Crippen LogP contribution is -2.20. The molecule has 8 nitrogen and oxygen atoms in total. The summed E-state index contributed by atoms with van der Waals surface area (Å²) in [6.07, 6.45) is -0.683. The normalized spacial score (nSPS) is 12.5. The summed E-state index contributed by atoms with van der Waals surface area (Å²) in [5.74, 6) is -1.94. The molecule has 0 fully saturated rings. The lowest BCUT2D eigenvalue weighted by Gasteiger charge is -2.17. The van der Waals surface area contributed by atoms with Crippen molar-refractivity contribution >= 4 is 21.2 Å². The Morgan fingerprint density at radius 3 is 1.88 bits per heavy atom. The minimum atomic E-state index is -4.44. The van der Waals surface area contributed by atoms with Crippen molar-refractivity contribution in [3.8, 4) is 0 Å². The van der Waals surface area contributed by atoms with Gasteiger partial charge in [0, 0.05) is 12.0 Å². The molecule has 100 valence electrons. The minimum absolute atomic E-state index is 0.485. The van der Waals surface area contributed by atoms with Crippen LogP contribution in [0.5, 0.6) is 0 Å². The van der Waals surface area contributed by atoms with Gasteiger partial charge in [0.15, 0.2) is 0 Å². The number of carbonyl (C=O) groups is 1. The van der Waals surface area contributed by atoms with Crippen LogP contribution in [0.4, 0.5) is 0 Å². The molecule has 17 heavy (non-hydrogen) atoms. The maximum absolute atomic E-state index is 10.7. The van der Waals surface area contributed by atoms with Crippen LogP contribution in [0.25, 0.3) is 0 Å². The lowest BCUT2D eigenvalue weighted by atomic mass is 10.2. The van der Waals surface area contributed by atoms with E-state index in [0.29, 0.717) is 0 Å². The summed E-state index contributed by atoms with van der Waals surface area (Å²) in [5, 5.41) is 0. The first kappa shape index (κ1) is 16.5. The number of carbonyl (C=O) groups excluding carboxylic acids is 1. The topological polar surface area (TPSA) is 141 Å². The van der Waals surface area contributed by atoms with Gasteiger partial charge in [-0.1, -0.05) is 6.58 Å². The number of hydrogen-bond acceptors (Lipinski definition) is 4. The average Bonchev–Trinajstić information content (AvgIpc) is 2.08. The Kier molecular flexibility index (Phi) is 6.26. The van der Waals surface area contributed by atoms with Crippen molar-refractivity contribution in [3.05, 3.63) is 12.7 Å². The van der Waals surface area contributed by atoms with Crippen LogP contribution in [0.1, 0.15) is 0 Å². The molecule has 10 heteroatoms. The maximum Gasteiger partial charge on any atom is 0.330 e. The van der Waals surface area contributed by atoms with Gasteiger partial charge in [-0.15, -0.1) is 0 Å². The number of esters is 1.